The summed E-state index contributed by atoms with van der Waals surface area (Å²) in [6.45, 7) is 6.67. The minimum atomic E-state index is 0.0253. The molecule has 120 valence electrons. The number of aryl methyl sites for hydroxylation is 2. The van der Waals surface area contributed by atoms with Gasteiger partial charge in [0.25, 0.3) is 0 Å². The monoisotopic (exact) mass is 303 g/mol. The van der Waals surface area contributed by atoms with Crippen LogP contribution in [-0.2, 0) is 7.05 Å². The van der Waals surface area contributed by atoms with E-state index in [1.165, 1.54) is 11.3 Å². The summed E-state index contributed by atoms with van der Waals surface area (Å²) in [6.07, 6.45) is 0.982. The van der Waals surface area contributed by atoms with Crippen LogP contribution in [0, 0.1) is 13.8 Å². The number of nitrogens with zero attached hydrogens (tertiary/aromatic N) is 2. The number of nitrogens with one attached hydrogen (secondary N) is 1. The van der Waals surface area contributed by atoms with Gasteiger partial charge in [-0.25, -0.2) is 0 Å². The van der Waals surface area contributed by atoms with Crippen molar-refractivity contribution in [3.8, 4) is 5.75 Å². The van der Waals surface area contributed by atoms with Crippen LogP contribution in [0.5, 0.6) is 5.75 Å². The first-order chi connectivity index (χ1) is 10.6. The zero-order chi connectivity index (χ0) is 16.1. The molecule has 0 aliphatic carbocycles. The Morgan fingerprint density at radius 2 is 1.95 bits per heavy atom. The van der Waals surface area contributed by atoms with Crippen molar-refractivity contribution in [2.75, 3.05) is 18.5 Å². The first-order valence-electron chi connectivity index (χ1n) is 7.67. The van der Waals surface area contributed by atoms with Gasteiger partial charge in [0.15, 0.2) is 0 Å². The summed E-state index contributed by atoms with van der Waals surface area (Å²) in [5.41, 5.74) is 4.58. The molecule has 0 spiro atoms. The number of hydrogen-bond donors (Lipinski definition) is 2. The lowest BCUT2D eigenvalue weighted by atomic mass is 10.0. The average molecular weight is 303 g/mol. The van der Waals surface area contributed by atoms with Gasteiger partial charge in [0.1, 0.15) is 12.4 Å². The van der Waals surface area contributed by atoms with E-state index in [4.69, 9.17) is 9.84 Å². The lowest BCUT2D eigenvalue weighted by Crippen LogP contribution is -2.12. The van der Waals surface area contributed by atoms with E-state index in [0.29, 0.717) is 6.61 Å². The van der Waals surface area contributed by atoms with Gasteiger partial charge in [-0.2, -0.15) is 5.10 Å². The van der Waals surface area contributed by atoms with Crippen LogP contribution in [0.2, 0.25) is 0 Å². The van der Waals surface area contributed by atoms with Gasteiger partial charge in [0.05, 0.1) is 18.3 Å². The molecule has 2 rings (SSSR count). The molecule has 22 heavy (non-hydrogen) atoms. The highest BCUT2D eigenvalue weighted by molar-refractivity contribution is 5.49. The highest BCUT2D eigenvalue weighted by Crippen LogP contribution is 2.28. The topological polar surface area (TPSA) is 59.3 Å². The highest BCUT2D eigenvalue weighted by atomic mass is 16.5. The van der Waals surface area contributed by atoms with E-state index >= 15 is 0 Å². The van der Waals surface area contributed by atoms with E-state index in [0.717, 1.165) is 23.6 Å². The molecule has 5 heteroatoms. The maximum absolute atomic E-state index is 8.77. The van der Waals surface area contributed by atoms with Crippen molar-refractivity contribution in [2.45, 2.75) is 33.2 Å². The van der Waals surface area contributed by atoms with E-state index in [2.05, 4.69) is 31.2 Å². The molecule has 1 aromatic carbocycles. The fraction of sp³-hybridized carbons (Fsp3) is 0.471. The molecular weight excluding hydrogens is 278 g/mol. The third-order valence-electron chi connectivity index (χ3n) is 3.88. The molecule has 0 aliphatic rings. The molecule has 2 aromatic rings. The smallest absolute Gasteiger partial charge is 0.119 e. The summed E-state index contributed by atoms with van der Waals surface area (Å²) in [5, 5.41) is 16.8. The lowest BCUT2D eigenvalue weighted by molar-refractivity contribution is 0.201. The molecule has 0 amide bonds. The Kier molecular flexibility index (Phi) is 5.44. The van der Waals surface area contributed by atoms with Crippen LogP contribution < -0.4 is 10.1 Å². The van der Waals surface area contributed by atoms with Gasteiger partial charge >= 0.3 is 0 Å². The number of aliphatic hydroxyl groups is 1. The molecule has 0 bridgehead atoms. The van der Waals surface area contributed by atoms with Crippen molar-refractivity contribution in [3.05, 3.63) is 41.2 Å². The number of rotatable bonds is 7. The van der Waals surface area contributed by atoms with Gasteiger partial charge in [0, 0.05) is 24.0 Å². The Labute approximate surface area is 131 Å². The molecule has 1 aromatic heterocycles. The minimum Gasteiger partial charge on any atom is -0.491 e. The lowest BCUT2D eigenvalue weighted by Gasteiger charge is -2.19. The summed E-state index contributed by atoms with van der Waals surface area (Å²) in [6, 6.07) is 8.05. The number of anilines is 1. The largest absolute Gasteiger partial charge is 0.491 e. The predicted octanol–water partition coefficient (Wildman–Crippen LogP) is 2.97. The third-order valence-corrected chi connectivity index (χ3v) is 3.88. The minimum absolute atomic E-state index is 0.0253. The zero-order valence-corrected chi connectivity index (χ0v) is 13.8. The Hall–Kier alpha value is -2.01. The van der Waals surface area contributed by atoms with Crippen molar-refractivity contribution in [1.29, 1.82) is 0 Å². The molecular formula is C17H25N3O2. The van der Waals surface area contributed by atoms with Crippen LogP contribution in [0.15, 0.2) is 24.3 Å². The van der Waals surface area contributed by atoms with Gasteiger partial charge in [-0.1, -0.05) is 6.92 Å². The molecule has 0 fully saturated rings. The second kappa shape index (κ2) is 7.31. The second-order valence-electron chi connectivity index (χ2n) is 5.41. The first kappa shape index (κ1) is 16.4. The molecule has 0 radical (unpaired) electrons. The number of hydrogen-bond acceptors (Lipinski definition) is 4. The molecule has 0 saturated heterocycles. The molecule has 0 saturated carbocycles. The van der Waals surface area contributed by atoms with E-state index in [-0.39, 0.29) is 12.6 Å². The third kappa shape index (κ3) is 3.60. The Bertz CT molecular complexity index is 605. The summed E-state index contributed by atoms with van der Waals surface area (Å²) in [7, 11) is 1.98. The van der Waals surface area contributed by atoms with Crippen molar-refractivity contribution in [1.82, 2.24) is 9.78 Å². The highest BCUT2D eigenvalue weighted by Gasteiger charge is 2.18. The Balaban J connectivity index is 2.13. The second-order valence-corrected chi connectivity index (χ2v) is 5.41. The van der Waals surface area contributed by atoms with Gasteiger partial charge in [0.2, 0.25) is 0 Å². The van der Waals surface area contributed by atoms with Crippen LogP contribution in [0.3, 0.4) is 0 Å². The Morgan fingerprint density at radius 3 is 2.45 bits per heavy atom. The summed E-state index contributed by atoms with van der Waals surface area (Å²) >= 11 is 0. The molecule has 1 unspecified atom stereocenters. The molecule has 1 heterocycles. The van der Waals surface area contributed by atoms with Crippen LogP contribution in [0.4, 0.5) is 5.69 Å². The zero-order valence-electron chi connectivity index (χ0n) is 13.8. The standard InChI is InChI=1S/C17H25N3O2/c1-5-16(17-12(2)19-20(4)13(17)3)18-14-6-8-15(9-7-14)22-11-10-21/h6-9,16,18,21H,5,10-11H2,1-4H3. The molecule has 1 atom stereocenters. The fourth-order valence-electron chi connectivity index (χ4n) is 2.68. The van der Waals surface area contributed by atoms with Gasteiger partial charge in [-0.3, -0.25) is 4.68 Å². The van der Waals surface area contributed by atoms with E-state index in [9.17, 15) is 0 Å². The van der Waals surface area contributed by atoms with Crippen LogP contribution in [0.1, 0.15) is 36.3 Å². The van der Waals surface area contributed by atoms with E-state index in [1.807, 2.05) is 36.0 Å². The van der Waals surface area contributed by atoms with E-state index in [1.54, 1.807) is 0 Å². The fourth-order valence-corrected chi connectivity index (χ4v) is 2.68. The normalized spacial score (nSPS) is 12.2. The maximum atomic E-state index is 8.77. The summed E-state index contributed by atoms with van der Waals surface area (Å²) in [4.78, 5) is 0. The van der Waals surface area contributed by atoms with Crippen molar-refractivity contribution < 1.29 is 9.84 Å². The number of aromatic nitrogens is 2. The summed E-state index contributed by atoms with van der Waals surface area (Å²) < 4.78 is 7.31. The van der Waals surface area contributed by atoms with Crippen molar-refractivity contribution in [2.24, 2.45) is 7.05 Å². The van der Waals surface area contributed by atoms with Crippen LogP contribution in [-0.4, -0.2) is 28.1 Å². The molecule has 2 N–H and O–H groups in total. The van der Waals surface area contributed by atoms with Crippen molar-refractivity contribution >= 4 is 5.69 Å². The Morgan fingerprint density at radius 1 is 1.27 bits per heavy atom. The molecule has 0 aliphatic heterocycles. The van der Waals surface area contributed by atoms with Crippen LogP contribution in [0.25, 0.3) is 0 Å². The quantitative estimate of drug-likeness (QED) is 0.825. The molecule has 5 nitrogen and oxygen atoms in total. The van der Waals surface area contributed by atoms with Gasteiger partial charge in [-0.05, 0) is 44.5 Å². The number of benzene rings is 1. The van der Waals surface area contributed by atoms with Crippen molar-refractivity contribution in [3.63, 3.8) is 0 Å². The summed E-state index contributed by atoms with van der Waals surface area (Å²) in [5.74, 6) is 0.765. The first-order valence-corrected chi connectivity index (χ1v) is 7.67. The van der Waals surface area contributed by atoms with Gasteiger partial charge < -0.3 is 15.2 Å². The number of ether oxygens (including phenoxy) is 1. The van der Waals surface area contributed by atoms with E-state index < -0.39 is 0 Å². The maximum Gasteiger partial charge on any atom is 0.119 e. The number of aliphatic hydroxyl groups excluding tert-OH is 1. The van der Waals surface area contributed by atoms with Crippen LogP contribution >= 0.6 is 0 Å². The van der Waals surface area contributed by atoms with Gasteiger partial charge in [-0.15, -0.1) is 0 Å². The average Bonchev–Trinajstić information content (AvgIpc) is 2.77. The predicted molar refractivity (Wildman–Crippen MR) is 88.4 cm³/mol. The SMILES string of the molecule is CCC(Nc1ccc(OCCO)cc1)c1c(C)nn(C)c1C.